The van der Waals surface area contributed by atoms with E-state index in [2.05, 4.69) is 5.32 Å². The third kappa shape index (κ3) is 4.23. The molecule has 0 radical (unpaired) electrons. The minimum atomic E-state index is -1.09. The van der Waals surface area contributed by atoms with Crippen molar-refractivity contribution in [3.8, 4) is 0 Å². The highest BCUT2D eigenvalue weighted by Crippen LogP contribution is 2.29. The Labute approximate surface area is 140 Å². The summed E-state index contributed by atoms with van der Waals surface area (Å²) in [7, 11) is 0. The molecule has 130 valence electrons. The molecule has 11 nitrogen and oxygen atoms in total. The number of hydrogen-bond acceptors (Lipinski definition) is 8. The number of nitro benzene ring substituents is 3. The summed E-state index contributed by atoms with van der Waals surface area (Å²) < 4.78 is 0. The molecule has 0 fully saturated rings. The van der Waals surface area contributed by atoms with Crippen LogP contribution in [0.25, 0.3) is 0 Å². The highest BCUT2D eigenvalue weighted by atomic mass is 16.6. The van der Waals surface area contributed by atoms with Crippen molar-refractivity contribution in [3.05, 3.63) is 78.4 Å². The van der Waals surface area contributed by atoms with Gasteiger partial charge in [0.2, 0.25) is 0 Å². The Bertz CT molecular complexity index is 822. The lowest BCUT2D eigenvalue weighted by atomic mass is 10.1. The van der Waals surface area contributed by atoms with E-state index >= 15 is 0 Å². The van der Waals surface area contributed by atoms with Gasteiger partial charge in [0.25, 0.3) is 17.1 Å². The fraction of sp³-hybridized carbons (Fsp3) is 0.143. The molecule has 2 aromatic rings. The maximum atomic E-state index is 11.0. The fourth-order valence-electron chi connectivity index (χ4n) is 2.08. The first-order valence-corrected chi connectivity index (χ1v) is 6.88. The zero-order valence-electron chi connectivity index (χ0n) is 12.6. The van der Waals surface area contributed by atoms with E-state index in [1.165, 1.54) is 30.3 Å². The van der Waals surface area contributed by atoms with Gasteiger partial charge in [0.1, 0.15) is 5.69 Å². The van der Waals surface area contributed by atoms with Crippen LogP contribution in [-0.4, -0.2) is 26.4 Å². The summed E-state index contributed by atoms with van der Waals surface area (Å²) in [5.41, 5.74) is -0.660. The van der Waals surface area contributed by atoms with Crippen LogP contribution in [0.4, 0.5) is 22.7 Å². The Balaban J connectivity index is 2.13. The maximum Gasteiger partial charge on any atom is 0.299 e. The molecule has 0 heterocycles. The third-order valence-corrected chi connectivity index (χ3v) is 3.36. The van der Waals surface area contributed by atoms with Gasteiger partial charge in [-0.05, 0) is 23.8 Å². The number of benzene rings is 2. The Morgan fingerprint density at radius 2 is 1.44 bits per heavy atom. The van der Waals surface area contributed by atoms with Crippen LogP contribution in [0.5, 0.6) is 0 Å². The van der Waals surface area contributed by atoms with Crippen LogP contribution in [0.3, 0.4) is 0 Å². The van der Waals surface area contributed by atoms with Crippen LogP contribution in [0.1, 0.15) is 11.7 Å². The summed E-state index contributed by atoms with van der Waals surface area (Å²) in [6, 6.07) is 8.30. The van der Waals surface area contributed by atoms with Gasteiger partial charge in [-0.2, -0.15) is 0 Å². The van der Waals surface area contributed by atoms with Crippen molar-refractivity contribution in [2.45, 2.75) is 6.10 Å². The summed E-state index contributed by atoms with van der Waals surface area (Å²) in [5, 5.41) is 45.0. The second kappa shape index (κ2) is 7.31. The third-order valence-electron chi connectivity index (χ3n) is 3.36. The van der Waals surface area contributed by atoms with Gasteiger partial charge >= 0.3 is 0 Å². The minimum absolute atomic E-state index is 0.0107. The highest BCUT2D eigenvalue weighted by Gasteiger charge is 2.20. The van der Waals surface area contributed by atoms with E-state index in [-0.39, 0.29) is 17.9 Å². The number of rotatable bonds is 7. The zero-order chi connectivity index (χ0) is 18.6. The lowest BCUT2D eigenvalue weighted by Crippen LogP contribution is -2.13. The Morgan fingerprint density at radius 3 is 1.96 bits per heavy atom. The maximum absolute atomic E-state index is 11.0. The van der Waals surface area contributed by atoms with Crippen molar-refractivity contribution in [3.63, 3.8) is 0 Å². The van der Waals surface area contributed by atoms with E-state index < -0.39 is 32.2 Å². The van der Waals surface area contributed by atoms with E-state index in [4.69, 9.17) is 0 Å². The number of nitrogens with zero attached hydrogens (tertiary/aromatic N) is 3. The number of aliphatic hydroxyl groups is 1. The first-order chi connectivity index (χ1) is 11.8. The van der Waals surface area contributed by atoms with Crippen molar-refractivity contribution in [1.82, 2.24) is 0 Å². The Hall–Kier alpha value is -3.60. The van der Waals surface area contributed by atoms with Gasteiger partial charge in [-0.3, -0.25) is 30.3 Å². The summed E-state index contributed by atoms with van der Waals surface area (Å²) in [5.74, 6) is 0. The lowest BCUT2D eigenvalue weighted by molar-refractivity contribution is -0.393. The molecule has 2 N–H and O–H groups in total. The number of nitro groups is 3. The standard InChI is InChI=1S/C14H12N4O7/c19-14(9-1-3-10(4-2-9)16(20)21)8-15-12-6-5-11(17(22)23)7-13(12)18(24)25/h1-7,14-15,19H,8H2. The monoisotopic (exact) mass is 348 g/mol. The largest absolute Gasteiger partial charge is 0.387 e. The molecular formula is C14H12N4O7. The predicted molar refractivity (Wildman–Crippen MR) is 86.3 cm³/mol. The van der Waals surface area contributed by atoms with Gasteiger partial charge < -0.3 is 10.4 Å². The zero-order valence-corrected chi connectivity index (χ0v) is 12.6. The van der Waals surface area contributed by atoms with Gasteiger partial charge in [-0.15, -0.1) is 0 Å². The molecule has 0 aliphatic rings. The number of non-ortho nitro benzene ring substituents is 2. The molecule has 0 spiro atoms. The average Bonchev–Trinajstić information content (AvgIpc) is 2.59. The van der Waals surface area contributed by atoms with Crippen LogP contribution < -0.4 is 5.32 Å². The molecule has 0 aromatic heterocycles. The topological polar surface area (TPSA) is 162 Å². The molecule has 1 unspecified atom stereocenters. The molecule has 0 bridgehead atoms. The number of aliphatic hydroxyl groups excluding tert-OH is 1. The minimum Gasteiger partial charge on any atom is -0.387 e. The van der Waals surface area contributed by atoms with E-state index in [1.54, 1.807) is 0 Å². The summed E-state index contributed by atoms with van der Waals surface area (Å²) in [6.07, 6.45) is -1.09. The van der Waals surface area contributed by atoms with E-state index in [9.17, 15) is 35.4 Å². The van der Waals surface area contributed by atoms with Crippen molar-refractivity contribution < 1.29 is 19.9 Å². The van der Waals surface area contributed by atoms with Crippen molar-refractivity contribution in [1.29, 1.82) is 0 Å². The normalized spacial score (nSPS) is 11.6. The van der Waals surface area contributed by atoms with Gasteiger partial charge in [-0.1, -0.05) is 0 Å². The van der Waals surface area contributed by atoms with Crippen LogP contribution in [0, 0.1) is 30.3 Å². The van der Waals surface area contributed by atoms with Crippen molar-refractivity contribution in [2.24, 2.45) is 0 Å². The summed E-state index contributed by atoms with van der Waals surface area (Å²) >= 11 is 0. The van der Waals surface area contributed by atoms with Crippen LogP contribution in [0.15, 0.2) is 42.5 Å². The van der Waals surface area contributed by atoms with Crippen molar-refractivity contribution in [2.75, 3.05) is 11.9 Å². The molecule has 0 saturated carbocycles. The summed E-state index contributed by atoms with van der Waals surface area (Å²) in [4.78, 5) is 30.2. The van der Waals surface area contributed by atoms with Gasteiger partial charge in [0, 0.05) is 24.7 Å². The van der Waals surface area contributed by atoms with Crippen LogP contribution in [-0.2, 0) is 0 Å². The Morgan fingerprint density at radius 1 is 0.880 bits per heavy atom. The number of anilines is 1. The molecule has 2 rings (SSSR count). The highest BCUT2D eigenvalue weighted by molar-refractivity contribution is 5.65. The van der Waals surface area contributed by atoms with Gasteiger partial charge in [0.05, 0.1) is 26.9 Å². The second-order valence-electron chi connectivity index (χ2n) is 4.96. The molecule has 11 heteroatoms. The molecule has 25 heavy (non-hydrogen) atoms. The van der Waals surface area contributed by atoms with E-state index in [0.717, 1.165) is 12.1 Å². The first kappa shape index (κ1) is 17.7. The van der Waals surface area contributed by atoms with Crippen LogP contribution in [0.2, 0.25) is 0 Å². The smallest absolute Gasteiger partial charge is 0.299 e. The SMILES string of the molecule is O=[N+]([O-])c1ccc(C(O)CNc2ccc([N+](=O)[O-])cc2[N+](=O)[O-])cc1. The summed E-state index contributed by atoms with van der Waals surface area (Å²) in [6.45, 7) is -0.129. The molecule has 0 aliphatic carbocycles. The van der Waals surface area contributed by atoms with E-state index in [0.29, 0.717) is 5.56 Å². The number of hydrogen-bond donors (Lipinski definition) is 2. The van der Waals surface area contributed by atoms with E-state index in [1.807, 2.05) is 0 Å². The van der Waals surface area contributed by atoms with Gasteiger partial charge in [-0.25, -0.2) is 0 Å². The molecule has 1 atom stereocenters. The second-order valence-corrected chi connectivity index (χ2v) is 4.96. The number of nitrogens with one attached hydrogen (secondary N) is 1. The molecule has 2 aromatic carbocycles. The molecule has 0 amide bonds. The van der Waals surface area contributed by atoms with Crippen molar-refractivity contribution >= 4 is 22.7 Å². The Kier molecular flexibility index (Phi) is 5.19. The molecular weight excluding hydrogens is 336 g/mol. The predicted octanol–water partition coefficient (Wildman–Crippen LogP) is 2.56. The fourth-order valence-corrected chi connectivity index (χ4v) is 2.08. The quantitative estimate of drug-likeness (QED) is 0.569. The van der Waals surface area contributed by atoms with Crippen LogP contribution >= 0.6 is 0 Å². The van der Waals surface area contributed by atoms with Gasteiger partial charge in [0.15, 0.2) is 0 Å². The average molecular weight is 348 g/mol. The lowest BCUT2D eigenvalue weighted by Gasteiger charge is -2.13. The first-order valence-electron chi connectivity index (χ1n) is 6.88. The molecule has 0 saturated heterocycles. The molecule has 0 aliphatic heterocycles.